The molecular formula is C13H14ClFN2S. The van der Waals surface area contributed by atoms with Gasteiger partial charge in [0.15, 0.2) is 0 Å². The summed E-state index contributed by atoms with van der Waals surface area (Å²) in [7, 11) is 0. The second-order valence-corrected chi connectivity index (χ2v) is 5.98. The van der Waals surface area contributed by atoms with Crippen LogP contribution in [-0.4, -0.2) is 4.98 Å². The molecule has 2 rings (SSSR count). The maximum atomic E-state index is 13.2. The zero-order valence-electron chi connectivity index (χ0n) is 10.4. The van der Waals surface area contributed by atoms with Crippen LogP contribution < -0.4 is 5.32 Å². The van der Waals surface area contributed by atoms with Crippen LogP contribution in [0.15, 0.2) is 18.2 Å². The Hall–Kier alpha value is -1.13. The van der Waals surface area contributed by atoms with Crippen molar-refractivity contribution in [2.45, 2.75) is 26.8 Å². The Kier molecular flexibility index (Phi) is 3.88. The number of hydrogen-bond acceptors (Lipinski definition) is 3. The molecule has 5 heteroatoms. The quantitative estimate of drug-likeness (QED) is 0.882. The van der Waals surface area contributed by atoms with E-state index in [0.717, 1.165) is 10.7 Å². The third-order valence-corrected chi connectivity index (χ3v) is 3.88. The van der Waals surface area contributed by atoms with Gasteiger partial charge in [0, 0.05) is 4.88 Å². The van der Waals surface area contributed by atoms with E-state index in [4.69, 9.17) is 11.6 Å². The van der Waals surface area contributed by atoms with Crippen LogP contribution in [0.4, 0.5) is 10.1 Å². The second-order valence-electron chi connectivity index (χ2n) is 4.16. The molecule has 0 amide bonds. The number of anilines is 1. The Bertz CT molecular complexity index is 568. The lowest BCUT2D eigenvalue weighted by atomic mass is 10.2. The standard InChI is InChI=1S/C13H14ClFN2S/c1-7(13-8(2)18-9(3)17-13)16-12-6-10(15)4-5-11(12)14/h4-7,16H,1-3H3. The van der Waals surface area contributed by atoms with Crippen LogP contribution in [0.3, 0.4) is 0 Å². The number of aromatic nitrogens is 1. The van der Waals surface area contributed by atoms with E-state index in [1.165, 1.54) is 17.0 Å². The molecule has 0 saturated carbocycles. The highest BCUT2D eigenvalue weighted by Crippen LogP contribution is 2.29. The summed E-state index contributed by atoms with van der Waals surface area (Å²) in [5.41, 5.74) is 1.58. The minimum Gasteiger partial charge on any atom is -0.376 e. The van der Waals surface area contributed by atoms with Crippen molar-refractivity contribution in [3.63, 3.8) is 0 Å². The molecule has 0 saturated heterocycles. The van der Waals surface area contributed by atoms with Gasteiger partial charge in [0.1, 0.15) is 5.82 Å². The first-order valence-electron chi connectivity index (χ1n) is 5.63. The van der Waals surface area contributed by atoms with Gasteiger partial charge in [-0.05, 0) is 39.0 Å². The SMILES string of the molecule is Cc1nc(C(C)Nc2cc(F)ccc2Cl)c(C)s1. The molecule has 0 aliphatic heterocycles. The summed E-state index contributed by atoms with van der Waals surface area (Å²) in [6.07, 6.45) is 0. The molecule has 0 radical (unpaired) electrons. The van der Waals surface area contributed by atoms with E-state index in [-0.39, 0.29) is 11.9 Å². The average Bonchev–Trinajstić information content (AvgIpc) is 2.63. The Morgan fingerprint density at radius 1 is 1.39 bits per heavy atom. The van der Waals surface area contributed by atoms with Crippen molar-refractivity contribution in [1.29, 1.82) is 0 Å². The van der Waals surface area contributed by atoms with Gasteiger partial charge in [-0.15, -0.1) is 11.3 Å². The largest absolute Gasteiger partial charge is 0.376 e. The highest BCUT2D eigenvalue weighted by molar-refractivity contribution is 7.11. The van der Waals surface area contributed by atoms with Crippen molar-refractivity contribution in [2.75, 3.05) is 5.32 Å². The summed E-state index contributed by atoms with van der Waals surface area (Å²) in [5.74, 6) is -0.305. The molecule has 0 fully saturated rings. The van der Waals surface area contributed by atoms with Crippen LogP contribution in [-0.2, 0) is 0 Å². The van der Waals surface area contributed by atoms with Crippen LogP contribution in [0.2, 0.25) is 5.02 Å². The van der Waals surface area contributed by atoms with E-state index in [9.17, 15) is 4.39 Å². The van der Waals surface area contributed by atoms with E-state index in [1.54, 1.807) is 17.4 Å². The van der Waals surface area contributed by atoms with E-state index in [0.29, 0.717) is 10.7 Å². The molecule has 18 heavy (non-hydrogen) atoms. The van der Waals surface area contributed by atoms with Crippen LogP contribution in [0.25, 0.3) is 0 Å². The third kappa shape index (κ3) is 2.82. The van der Waals surface area contributed by atoms with Crippen molar-refractivity contribution in [3.05, 3.63) is 44.6 Å². The topological polar surface area (TPSA) is 24.9 Å². The third-order valence-electron chi connectivity index (χ3n) is 2.65. The number of aryl methyl sites for hydroxylation is 2. The summed E-state index contributed by atoms with van der Waals surface area (Å²) in [6, 6.07) is 4.28. The van der Waals surface area contributed by atoms with Crippen LogP contribution >= 0.6 is 22.9 Å². The molecule has 0 spiro atoms. The smallest absolute Gasteiger partial charge is 0.125 e. The number of thiazole rings is 1. The van der Waals surface area contributed by atoms with Crippen LogP contribution in [0.5, 0.6) is 0 Å². The molecular weight excluding hydrogens is 271 g/mol. The fraction of sp³-hybridized carbons (Fsp3) is 0.308. The molecule has 2 nitrogen and oxygen atoms in total. The van der Waals surface area contributed by atoms with Crippen molar-refractivity contribution >= 4 is 28.6 Å². The minimum atomic E-state index is -0.305. The van der Waals surface area contributed by atoms with E-state index in [1.807, 2.05) is 20.8 Å². The van der Waals surface area contributed by atoms with Gasteiger partial charge in [-0.3, -0.25) is 0 Å². The Labute approximate surface area is 115 Å². The lowest BCUT2D eigenvalue weighted by Crippen LogP contribution is -2.08. The molecule has 1 N–H and O–H groups in total. The molecule has 2 aromatic rings. The number of hydrogen-bond donors (Lipinski definition) is 1. The highest BCUT2D eigenvalue weighted by Gasteiger charge is 2.14. The maximum absolute atomic E-state index is 13.2. The van der Waals surface area contributed by atoms with Gasteiger partial charge >= 0.3 is 0 Å². The average molecular weight is 285 g/mol. The summed E-state index contributed by atoms with van der Waals surface area (Å²) < 4.78 is 13.2. The molecule has 0 aliphatic carbocycles. The first kappa shape index (κ1) is 13.3. The van der Waals surface area contributed by atoms with Crippen molar-refractivity contribution in [3.8, 4) is 0 Å². The minimum absolute atomic E-state index is 0.00532. The first-order chi connectivity index (χ1) is 8.47. The first-order valence-corrected chi connectivity index (χ1v) is 6.82. The Morgan fingerprint density at radius 2 is 2.11 bits per heavy atom. The lowest BCUT2D eigenvalue weighted by Gasteiger charge is -2.15. The fourth-order valence-electron chi connectivity index (χ4n) is 1.86. The van der Waals surface area contributed by atoms with Gasteiger partial charge in [0.05, 0.1) is 27.5 Å². The fourth-order valence-corrected chi connectivity index (χ4v) is 2.94. The number of nitrogens with one attached hydrogen (secondary N) is 1. The Morgan fingerprint density at radius 3 is 2.72 bits per heavy atom. The molecule has 1 heterocycles. The van der Waals surface area contributed by atoms with Crippen LogP contribution in [0.1, 0.15) is 28.5 Å². The van der Waals surface area contributed by atoms with Gasteiger partial charge < -0.3 is 5.32 Å². The molecule has 1 aromatic carbocycles. The summed E-state index contributed by atoms with van der Waals surface area (Å²) in [5, 5.41) is 4.73. The van der Waals surface area contributed by atoms with Crippen LogP contribution in [0, 0.1) is 19.7 Å². The van der Waals surface area contributed by atoms with Gasteiger partial charge in [0.25, 0.3) is 0 Å². The molecule has 1 aromatic heterocycles. The second kappa shape index (κ2) is 5.24. The predicted molar refractivity (Wildman–Crippen MR) is 75.0 cm³/mol. The van der Waals surface area contributed by atoms with Crippen molar-refractivity contribution < 1.29 is 4.39 Å². The lowest BCUT2D eigenvalue weighted by molar-refractivity contribution is 0.628. The molecule has 0 aliphatic rings. The normalized spacial score (nSPS) is 12.5. The van der Waals surface area contributed by atoms with Crippen molar-refractivity contribution in [1.82, 2.24) is 4.98 Å². The molecule has 96 valence electrons. The van der Waals surface area contributed by atoms with Gasteiger partial charge in [-0.1, -0.05) is 11.6 Å². The monoisotopic (exact) mass is 284 g/mol. The maximum Gasteiger partial charge on any atom is 0.125 e. The Balaban J connectivity index is 2.23. The zero-order chi connectivity index (χ0) is 13.3. The highest BCUT2D eigenvalue weighted by atomic mass is 35.5. The van der Waals surface area contributed by atoms with Crippen molar-refractivity contribution in [2.24, 2.45) is 0 Å². The zero-order valence-corrected chi connectivity index (χ0v) is 12.0. The van der Waals surface area contributed by atoms with Gasteiger partial charge in [-0.2, -0.15) is 0 Å². The van der Waals surface area contributed by atoms with Gasteiger partial charge in [-0.25, -0.2) is 9.37 Å². The molecule has 1 unspecified atom stereocenters. The summed E-state index contributed by atoms with van der Waals surface area (Å²) in [6.45, 7) is 6.00. The van der Waals surface area contributed by atoms with E-state index in [2.05, 4.69) is 10.3 Å². The molecule has 1 atom stereocenters. The number of rotatable bonds is 3. The predicted octanol–water partition coefficient (Wildman–Crippen LogP) is 4.73. The van der Waals surface area contributed by atoms with E-state index < -0.39 is 0 Å². The number of benzene rings is 1. The van der Waals surface area contributed by atoms with E-state index >= 15 is 0 Å². The number of halogens is 2. The van der Waals surface area contributed by atoms with Gasteiger partial charge in [0.2, 0.25) is 0 Å². The summed E-state index contributed by atoms with van der Waals surface area (Å²) >= 11 is 7.68. The molecule has 0 bridgehead atoms. The number of nitrogens with zero attached hydrogens (tertiary/aromatic N) is 1. The summed E-state index contributed by atoms with van der Waals surface area (Å²) in [4.78, 5) is 5.64.